The van der Waals surface area contributed by atoms with Gasteiger partial charge in [-0.3, -0.25) is 4.79 Å². The van der Waals surface area contributed by atoms with Crippen LogP contribution >= 0.6 is 15.9 Å². The van der Waals surface area contributed by atoms with Crippen molar-refractivity contribution in [3.63, 3.8) is 0 Å². The Kier molecular flexibility index (Phi) is 7.24. The predicted octanol–water partition coefficient (Wildman–Crippen LogP) is 3.41. The van der Waals surface area contributed by atoms with Gasteiger partial charge in [-0.1, -0.05) is 58.4 Å². The maximum atomic E-state index is 12.7. The number of benzene rings is 2. The lowest BCUT2D eigenvalue weighted by atomic mass is 9.95. The molecule has 8 heteroatoms. The SMILES string of the molecule is CCOC(=O)C1=C(COC(=O)Cc2ccc(Br)cc2)NC(=O)NC1c1ccccc1. The van der Waals surface area contributed by atoms with E-state index in [-0.39, 0.29) is 30.9 Å². The van der Waals surface area contributed by atoms with Gasteiger partial charge in [0.1, 0.15) is 6.61 Å². The first-order valence-electron chi connectivity index (χ1n) is 9.40. The van der Waals surface area contributed by atoms with Crippen LogP contribution in [0.1, 0.15) is 24.1 Å². The Morgan fingerprint density at radius 1 is 1.03 bits per heavy atom. The summed E-state index contributed by atoms with van der Waals surface area (Å²) in [6, 6.07) is 15.1. The van der Waals surface area contributed by atoms with E-state index in [0.717, 1.165) is 10.0 Å². The molecule has 0 spiro atoms. The van der Waals surface area contributed by atoms with Crippen molar-refractivity contribution in [1.82, 2.24) is 10.6 Å². The minimum atomic E-state index is -0.709. The molecule has 0 bridgehead atoms. The van der Waals surface area contributed by atoms with E-state index in [0.29, 0.717) is 5.56 Å². The van der Waals surface area contributed by atoms with E-state index in [1.54, 1.807) is 19.1 Å². The average Bonchev–Trinajstić information content (AvgIpc) is 2.74. The number of carbonyl (C=O) groups excluding carboxylic acids is 3. The zero-order valence-electron chi connectivity index (χ0n) is 16.3. The molecule has 156 valence electrons. The molecule has 7 nitrogen and oxygen atoms in total. The Morgan fingerprint density at radius 2 is 1.73 bits per heavy atom. The van der Waals surface area contributed by atoms with Crippen LogP contribution in [-0.4, -0.2) is 31.2 Å². The van der Waals surface area contributed by atoms with Gasteiger partial charge >= 0.3 is 18.0 Å². The smallest absolute Gasteiger partial charge is 0.338 e. The number of urea groups is 1. The molecule has 1 aliphatic rings. The van der Waals surface area contributed by atoms with Crippen molar-refractivity contribution in [2.45, 2.75) is 19.4 Å². The molecule has 2 aromatic rings. The Labute approximate surface area is 182 Å². The summed E-state index contributed by atoms with van der Waals surface area (Å²) in [4.78, 5) is 37.1. The first-order valence-corrected chi connectivity index (χ1v) is 10.2. The fourth-order valence-electron chi connectivity index (χ4n) is 3.05. The number of rotatable bonds is 7. The molecule has 0 radical (unpaired) electrons. The van der Waals surface area contributed by atoms with Crippen LogP contribution in [0.4, 0.5) is 4.79 Å². The second-order valence-corrected chi connectivity index (χ2v) is 7.43. The highest BCUT2D eigenvalue weighted by Crippen LogP contribution is 2.27. The largest absolute Gasteiger partial charge is 0.463 e. The van der Waals surface area contributed by atoms with Crippen LogP contribution in [0.5, 0.6) is 0 Å². The highest BCUT2D eigenvalue weighted by Gasteiger charge is 2.34. The number of ether oxygens (including phenoxy) is 2. The molecule has 0 saturated heterocycles. The molecule has 0 aliphatic carbocycles. The number of hydrogen-bond donors (Lipinski definition) is 2. The van der Waals surface area contributed by atoms with Gasteiger partial charge in [-0.15, -0.1) is 0 Å². The summed E-state index contributed by atoms with van der Waals surface area (Å²) in [5, 5.41) is 5.31. The van der Waals surface area contributed by atoms with E-state index in [9.17, 15) is 14.4 Å². The van der Waals surface area contributed by atoms with Crippen LogP contribution in [0.15, 0.2) is 70.3 Å². The summed E-state index contributed by atoms with van der Waals surface area (Å²) >= 11 is 3.35. The second kappa shape index (κ2) is 10.1. The number of nitrogens with one attached hydrogen (secondary N) is 2. The van der Waals surface area contributed by atoms with Gasteiger partial charge in [-0.05, 0) is 30.2 Å². The molecule has 30 heavy (non-hydrogen) atoms. The Bertz CT molecular complexity index is 957. The maximum Gasteiger partial charge on any atom is 0.338 e. The van der Waals surface area contributed by atoms with E-state index in [1.807, 2.05) is 42.5 Å². The van der Waals surface area contributed by atoms with Crippen LogP contribution < -0.4 is 10.6 Å². The second-order valence-electron chi connectivity index (χ2n) is 6.52. The van der Waals surface area contributed by atoms with Gasteiger partial charge in [0.05, 0.1) is 30.3 Å². The van der Waals surface area contributed by atoms with Crippen LogP contribution in [0, 0.1) is 0 Å². The lowest BCUT2D eigenvalue weighted by Gasteiger charge is -2.29. The minimum Gasteiger partial charge on any atom is -0.463 e. The van der Waals surface area contributed by atoms with Gasteiger partial charge < -0.3 is 20.1 Å². The molecule has 1 unspecified atom stereocenters. The first-order chi connectivity index (χ1) is 14.5. The molecule has 2 aromatic carbocycles. The van der Waals surface area contributed by atoms with Crippen molar-refractivity contribution in [3.8, 4) is 0 Å². The van der Waals surface area contributed by atoms with Gasteiger partial charge in [0.15, 0.2) is 0 Å². The fraction of sp³-hybridized carbons (Fsp3) is 0.227. The van der Waals surface area contributed by atoms with Crippen LogP contribution in [0.25, 0.3) is 0 Å². The zero-order valence-corrected chi connectivity index (χ0v) is 17.9. The highest BCUT2D eigenvalue weighted by molar-refractivity contribution is 9.10. The molecule has 2 N–H and O–H groups in total. The third-order valence-corrected chi connectivity index (χ3v) is 4.95. The Balaban J connectivity index is 1.81. The summed E-state index contributed by atoms with van der Waals surface area (Å²) < 4.78 is 11.4. The molecule has 3 rings (SSSR count). The lowest BCUT2D eigenvalue weighted by molar-refractivity contribution is -0.143. The standard InChI is InChI=1S/C22H21BrN2O5/c1-2-29-21(27)19-17(13-30-18(26)12-14-8-10-16(23)11-9-14)24-22(28)25-20(19)15-6-4-3-5-7-15/h3-11,20H,2,12-13H2,1H3,(H2,24,25,28). The van der Waals surface area contributed by atoms with Crippen LogP contribution in [-0.2, 0) is 25.5 Å². The molecule has 1 atom stereocenters. The minimum absolute atomic E-state index is 0.0730. The lowest BCUT2D eigenvalue weighted by Crippen LogP contribution is -2.47. The van der Waals surface area contributed by atoms with Crippen molar-refractivity contribution in [2.75, 3.05) is 13.2 Å². The quantitative estimate of drug-likeness (QED) is 0.602. The van der Waals surface area contributed by atoms with Crippen LogP contribution in [0.2, 0.25) is 0 Å². The summed E-state index contributed by atoms with van der Waals surface area (Å²) in [5.74, 6) is -1.06. The van der Waals surface area contributed by atoms with Crippen molar-refractivity contribution >= 4 is 33.9 Å². The Hall–Kier alpha value is -3.13. The van der Waals surface area contributed by atoms with Gasteiger partial charge in [0, 0.05) is 4.47 Å². The maximum absolute atomic E-state index is 12.7. The summed E-state index contributed by atoms with van der Waals surface area (Å²) in [6.07, 6.45) is 0.0730. The molecule has 0 fully saturated rings. The topological polar surface area (TPSA) is 93.7 Å². The third kappa shape index (κ3) is 5.48. The average molecular weight is 473 g/mol. The van der Waals surface area contributed by atoms with E-state index in [2.05, 4.69) is 26.6 Å². The van der Waals surface area contributed by atoms with Crippen molar-refractivity contribution in [2.24, 2.45) is 0 Å². The van der Waals surface area contributed by atoms with Gasteiger partial charge in [0.25, 0.3) is 0 Å². The third-order valence-electron chi connectivity index (χ3n) is 4.42. The zero-order chi connectivity index (χ0) is 21.5. The van der Waals surface area contributed by atoms with E-state index in [4.69, 9.17) is 9.47 Å². The van der Waals surface area contributed by atoms with Gasteiger partial charge in [0.2, 0.25) is 0 Å². The number of halogens is 1. The molecular weight excluding hydrogens is 452 g/mol. The first kappa shape index (κ1) is 21.6. The van der Waals surface area contributed by atoms with E-state index >= 15 is 0 Å². The monoisotopic (exact) mass is 472 g/mol. The summed E-state index contributed by atoms with van der Waals surface area (Å²) in [7, 11) is 0. The number of esters is 2. The van der Waals surface area contributed by atoms with Crippen molar-refractivity contribution in [1.29, 1.82) is 0 Å². The molecule has 2 amide bonds. The van der Waals surface area contributed by atoms with E-state index in [1.165, 1.54) is 0 Å². The predicted molar refractivity (Wildman–Crippen MR) is 113 cm³/mol. The van der Waals surface area contributed by atoms with Crippen molar-refractivity contribution in [3.05, 3.63) is 81.5 Å². The Morgan fingerprint density at radius 3 is 2.40 bits per heavy atom. The molecule has 0 aromatic heterocycles. The summed E-state index contributed by atoms with van der Waals surface area (Å²) in [5.41, 5.74) is 1.92. The van der Waals surface area contributed by atoms with E-state index < -0.39 is 24.0 Å². The fourth-order valence-corrected chi connectivity index (χ4v) is 3.31. The summed E-state index contributed by atoms with van der Waals surface area (Å²) in [6.45, 7) is 1.62. The number of hydrogen-bond acceptors (Lipinski definition) is 5. The van der Waals surface area contributed by atoms with Crippen LogP contribution in [0.3, 0.4) is 0 Å². The molecule has 1 aliphatic heterocycles. The van der Waals surface area contributed by atoms with Crippen molar-refractivity contribution < 1.29 is 23.9 Å². The molecular formula is C22H21BrN2O5. The highest BCUT2D eigenvalue weighted by atomic mass is 79.9. The van der Waals surface area contributed by atoms with Gasteiger partial charge in [-0.2, -0.15) is 0 Å². The molecule has 0 saturated carbocycles. The number of carbonyl (C=O) groups is 3. The normalized spacial score (nSPS) is 15.8. The number of amides is 2. The molecule has 1 heterocycles. The van der Waals surface area contributed by atoms with Gasteiger partial charge in [-0.25, -0.2) is 9.59 Å².